The third-order valence-corrected chi connectivity index (χ3v) is 4.46. The highest BCUT2D eigenvalue weighted by atomic mass is 35.5. The number of nitrogens with zero attached hydrogens (tertiary/aromatic N) is 2. The van der Waals surface area contributed by atoms with Crippen LogP contribution in [0.1, 0.15) is 12.5 Å². The van der Waals surface area contributed by atoms with Crippen LogP contribution in [0.4, 0.5) is 9.93 Å². The molecule has 0 atom stereocenters. The third kappa shape index (κ3) is 4.38. The number of aromatic hydroxyl groups is 1. The van der Waals surface area contributed by atoms with Gasteiger partial charge in [-0.2, -0.15) is 5.10 Å². The summed E-state index contributed by atoms with van der Waals surface area (Å²) in [5, 5.41) is 19.2. The normalized spacial score (nSPS) is 11.2. The van der Waals surface area contributed by atoms with Crippen LogP contribution >= 0.6 is 22.9 Å². The molecular formula is C18H15ClN4O2S. The lowest BCUT2D eigenvalue weighted by Gasteiger charge is -2.05. The van der Waals surface area contributed by atoms with Gasteiger partial charge in [0.25, 0.3) is 0 Å². The van der Waals surface area contributed by atoms with Crippen molar-refractivity contribution in [1.82, 2.24) is 10.4 Å². The molecule has 0 saturated carbocycles. The van der Waals surface area contributed by atoms with Crippen molar-refractivity contribution >= 4 is 39.8 Å². The predicted octanol–water partition coefficient (Wildman–Crippen LogP) is 4.71. The topological polar surface area (TPSA) is 86.6 Å². The molecule has 0 aliphatic rings. The number of phenols is 1. The Morgan fingerprint density at radius 3 is 2.77 bits per heavy atom. The molecule has 0 radical (unpaired) electrons. The summed E-state index contributed by atoms with van der Waals surface area (Å²) < 4.78 is 0. The molecule has 0 aliphatic heterocycles. The Kier molecular flexibility index (Phi) is 5.50. The maximum atomic E-state index is 12.0. The molecule has 0 bridgehead atoms. The maximum Gasteiger partial charge on any atom is 0.341 e. The first kappa shape index (κ1) is 17.9. The van der Waals surface area contributed by atoms with Gasteiger partial charge in [0.05, 0.1) is 11.4 Å². The SMILES string of the molecule is C/C(=N/NC(=O)Nc1nc(-c2ccccc2)cs1)c1cc(Cl)ccc1O. The van der Waals surface area contributed by atoms with E-state index in [-0.39, 0.29) is 5.75 Å². The van der Waals surface area contributed by atoms with Gasteiger partial charge < -0.3 is 5.11 Å². The summed E-state index contributed by atoms with van der Waals surface area (Å²) in [5.74, 6) is 0.0327. The van der Waals surface area contributed by atoms with Crippen LogP contribution in [0.15, 0.2) is 59.0 Å². The average Bonchev–Trinajstić information content (AvgIpc) is 3.11. The minimum absolute atomic E-state index is 0.0327. The van der Waals surface area contributed by atoms with Crippen LogP contribution in [-0.2, 0) is 0 Å². The molecule has 26 heavy (non-hydrogen) atoms. The smallest absolute Gasteiger partial charge is 0.341 e. The van der Waals surface area contributed by atoms with E-state index in [0.717, 1.165) is 11.3 Å². The minimum Gasteiger partial charge on any atom is -0.507 e. The van der Waals surface area contributed by atoms with Gasteiger partial charge in [0.1, 0.15) is 5.75 Å². The number of amides is 2. The highest BCUT2D eigenvalue weighted by Gasteiger charge is 2.09. The number of rotatable bonds is 4. The number of carbonyl (C=O) groups excluding carboxylic acids is 1. The van der Waals surface area contributed by atoms with Crippen molar-refractivity contribution in [2.24, 2.45) is 5.10 Å². The molecule has 3 aromatic rings. The van der Waals surface area contributed by atoms with E-state index in [1.165, 1.54) is 17.4 Å². The Hall–Kier alpha value is -2.90. The van der Waals surface area contributed by atoms with E-state index in [1.54, 1.807) is 19.1 Å². The Balaban J connectivity index is 1.64. The van der Waals surface area contributed by atoms with E-state index >= 15 is 0 Å². The zero-order valence-corrected chi connectivity index (χ0v) is 15.3. The first-order chi connectivity index (χ1) is 12.5. The number of benzene rings is 2. The molecule has 0 unspecified atom stereocenters. The van der Waals surface area contributed by atoms with Gasteiger partial charge >= 0.3 is 6.03 Å². The number of nitrogens with one attached hydrogen (secondary N) is 2. The molecule has 8 heteroatoms. The lowest BCUT2D eigenvalue weighted by molar-refractivity contribution is 0.252. The van der Waals surface area contributed by atoms with Gasteiger partial charge in [-0.3, -0.25) is 5.32 Å². The number of hydrogen-bond acceptors (Lipinski definition) is 5. The largest absolute Gasteiger partial charge is 0.507 e. The monoisotopic (exact) mass is 386 g/mol. The predicted molar refractivity (Wildman–Crippen MR) is 105 cm³/mol. The zero-order chi connectivity index (χ0) is 18.5. The van der Waals surface area contributed by atoms with E-state index in [1.807, 2.05) is 35.7 Å². The van der Waals surface area contributed by atoms with Crippen molar-refractivity contribution in [3.63, 3.8) is 0 Å². The number of anilines is 1. The second-order valence-electron chi connectivity index (χ2n) is 5.33. The van der Waals surface area contributed by atoms with Gasteiger partial charge in [0.15, 0.2) is 5.13 Å². The van der Waals surface area contributed by atoms with Gasteiger partial charge in [0.2, 0.25) is 0 Å². The van der Waals surface area contributed by atoms with Gasteiger partial charge in [-0.25, -0.2) is 15.2 Å². The van der Waals surface area contributed by atoms with Gasteiger partial charge in [0, 0.05) is 21.5 Å². The number of urea groups is 1. The van der Waals surface area contributed by atoms with Crippen molar-refractivity contribution in [2.75, 3.05) is 5.32 Å². The second kappa shape index (κ2) is 7.99. The van der Waals surface area contributed by atoms with Crippen LogP contribution in [0.5, 0.6) is 5.75 Å². The lowest BCUT2D eigenvalue weighted by atomic mass is 10.1. The Bertz CT molecular complexity index is 957. The van der Waals surface area contributed by atoms with Gasteiger partial charge in [-0.05, 0) is 25.1 Å². The third-order valence-electron chi connectivity index (χ3n) is 3.47. The van der Waals surface area contributed by atoms with E-state index in [9.17, 15) is 9.90 Å². The number of phenolic OH excluding ortho intramolecular Hbond substituents is 1. The molecule has 132 valence electrons. The zero-order valence-electron chi connectivity index (χ0n) is 13.7. The average molecular weight is 387 g/mol. The molecule has 0 saturated heterocycles. The van der Waals surface area contributed by atoms with Crippen LogP contribution in [0.3, 0.4) is 0 Å². The van der Waals surface area contributed by atoms with Crippen molar-refractivity contribution in [3.05, 3.63) is 64.5 Å². The van der Waals surface area contributed by atoms with Crippen LogP contribution in [0.25, 0.3) is 11.3 Å². The van der Waals surface area contributed by atoms with Gasteiger partial charge in [-0.15, -0.1) is 11.3 Å². The fraction of sp³-hybridized carbons (Fsp3) is 0.0556. The number of hydrogen-bond donors (Lipinski definition) is 3. The lowest BCUT2D eigenvalue weighted by Crippen LogP contribution is -2.25. The quantitative estimate of drug-likeness (QED) is 0.448. The summed E-state index contributed by atoms with van der Waals surface area (Å²) in [7, 11) is 0. The fourth-order valence-corrected chi connectivity index (χ4v) is 3.08. The summed E-state index contributed by atoms with van der Waals surface area (Å²) in [6.45, 7) is 1.66. The summed E-state index contributed by atoms with van der Waals surface area (Å²) >= 11 is 7.23. The number of aromatic nitrogens is 1. The first-order valence-corrected chi connectivity index (χ1v) is 8.90. The summed E-state index contributed by atoms with van der Waals surface area (Å²) in [4.78, 5) is 16.4. The molecule has 3 rings (SSSR count). The van der Waals surface area contributed by atoms with Crippen LogP contribution in [0.2, 0.25) is 5.02 Å². The van der Waals surface area contributed by atoms with Crippen molar-refractivity contribution < 1.29 is 9.90 Å². The Labute approximate surface area is 159 Å². The van der Waals surface area contributed by atoms with E-state index in [4.69, 9.17) is 11.6 Å². The van der Waals surface area contributed by atoms with Crippen LogP contribution in [-0.4, -0.2) is 21.8 Å². The number of hydrazone groups is 1. The Morgan fingerprint density at radius 2 is 2.00 bits per heavy atom. The molecular weight excluding hydrogens is 372 g/mol. The standard InChI is InChI=1S/C18H15ClN4O2S/c1-11(14-9-13(19)7-8-16(14)24)22-23-17(25)21-18-20-15(10-26-18)12-5-3-2-4-6-12/h2-10,24H,1H3,(H2,20,21,23,25)/b22-11-. The highest BCUT2D eigenvalue weighted by molar-refractivity contribution is 7.14. The van der Waals surface area contributed by atoms with Gasteiger partial charge in [-0.1, -0.05) is 41.9 Å². The number of thiazole rings is 1. The highest BCUT2D eigenvalue weighted by Crippen LogP contribution is 2.24. The molecule has 2 amide bonds. The van der Waals surface area contributed by atoms with E-state index in [0.29, 0.717) is 21.4 Å². The second-order valence-corrected chi connectivity index (χ2v) is 6.62. The maximum absolute atomic E-state index is 12.0. The van der Waals surface area contributed by atoms with Crippen molar-refractivity contribution in [2.45, 2.75) is 6.92 Å². The summed E-state index contributed by atoms with van der Waals surface area (Å²) in [6.07, 6.45) is 0. The number of carbonyl (C=O) groups is 1. The molecule has 6 nitrogen and oxygen atoms in total. The first-order valence-electron chi connectivity index (χ1n) is 7.64. The molecule has 1 heterocycles. The minimum atomic E-state index is -0.528. The summed E-state index contributed by atoms with van der Waals surface area (Å²) in [6, 6.07) is 13.8. The van der Waals surface area contributed by atoms with E-state index < -0.39 is 6.03 Å². The molecule has 3 N–H and O–H groups in total. The molecule has 2 aromatic carbocycles. The van der Waals surface area contributed by atoms with E-state index in [2.05, 4.69) is 20.8 Å². The molecule has 0 spiro atoms. The van der Waals surface area contributed by atoms with Crippen LogP contribution < -0.4 is 10.7 Å². The molecule has 0 aliphatic carbocycles. The molecule has 0 fully saturated rings. The number of halogens is 1. The fourth-order valence-electron chi connectivity index (χ4n) is 2.19. The Morgan fingerprint density at radius 1 is 1.23 bits per heavy atom. The van der Waals surface area contributed by atoms with Crippen molar-refractivity contribution in [3.8, 4) is 17.0 Å². The van der Waals surface area contributed by atoms with Crippen LogP contribution in [0, 0.1) is 0 Å². The van der Waals surface area contributed by atoms with Crippen molar-refractivity contribution in [1.29, 1.82) is 0 Å². The summed E-state index contributed by atoms with van der Waals surface area (Å²) in [5.41, 5.74) is 5.00. The molecule has 1 aromatic heterocycles.